The van der Waals surface area contributed by atoms with Gasteiger partial charge in [0, 0.05) is 44.1 Å². The van der Waals surface area contributed by atoms with Crippen molar-refractivity contribution in [2.24, 2.45) is 5.92 Å². The minimum Gasteiger partial charge on any atom is -0.477 e. The molecule has 144 valence electrons. The van der Waals surface area contributed by atoms with Gasteiger partial charge in [0.2, 0.25) is 5.88 Å². The number of hydrogen-bond donors (Lipinski definition) is 0. The van der Waals surface area contributed by atoms with Crippen molar-refractivity contribution in [3.05, 3.63) is 42.1 Å². The van der Waals surface area contributed by atoms with Crippen LogP contribution in [0.4, 0.5) is 0 Å². The van der Waals surface area contributed by atoms with Gasteiger partial charge in [-0.15, -0.1) is 0 Å². The molecule has 0 aromatic carbocycles. The summed E-state index contributed by atoms with van der Waals surface area (Å²) in [5.41, 5.74) is 0.554. The maximum Gasteiger partial charge on any atom is 0.259 e. The molecule has 1 saturated carbocycles. The summed E-state index contributed by atoms with van der Waals surface area (Å²) in [6.07, 6.45) is 11.8. The predicted octanol–water partition coefficient (Wildman–Crippen LogP) is 3.50. The highest BCUT2D eigenvalue weighted by molar-refractivity contribution is 5.96. The Morgan fingerprint density at radius 3 is 2.89 bits per heavy atom. The van der Waals surface area contributed by atoms with Gasteiger partial charge in [-0.2, -0.15) is 0 Å². The SMILES string of the molecule is CCOc1ncccc1C(=O)N1CCC[C@H](c2nccn2CC2CCC2)C1. The normalized spacial score (nSPS) is 20.3. The first-order valence-corrected chi connectivity index (χ1v) is 10.1. The lowest BCUT2D eigenvalue weighted by molar-refractivity contribution is 0.0697. The summed E-state index contributed by atoms with van der Waals surface area (Å²) in [5, 5.41) is 0. The molecule has 1 aliphatic carbocycles. The van der Waals surface area contributed by atoms with Crippen molar-refractivity contribution in [2.75, 3.05) is 19.7 Å². The van der Waals surface area contributed by atoms with Crippen LogP contribution in [-0.4, -0.2) is 45.0 Å². The summed E-state index contributed by atoms with van der Waals surface area (Å²) in [6.45, 7) is 4.96. The molecule has 3 heterocycles. The van der Waals surface area contributed by atoms with E-state index in [0.717, 1.165) is 37.7 Å². The van der Waals surface area contributed by atoms with Gasteiger partial charge < -0.3 is 14.2 Å². The zero-order chi connectivity index (χ0) is 18.6. The molecule has 0 N–H and O–H groups in total. The molecule has 2 aromatic rings. The van der Waals surface area contributed by atoms with Gasteiger partial charge >= 0.3 is 0 Å². The molecule has 1 saturated heterocycles. The molecule has 1 amide bonds. The second-order valence-electron chi connectivity index (χ2n) is 7.61. The van der Waals surface area contributed by atoms with E-state index in [1.54, 1.807) is 12.3 Å². The molecule has 0 spiro atoms. The Balaban J connectivity index is 1.48. The largest absolute Gasteiger partial charge is 0.477 e. The van der Waals surface area contributed by atoms with E-state index in [-0.39, 0.29) is 5.91 Å². The Bertz CT molecular complexity index is 784. The summed E-state index contributed by atoms with van der Waals surface area (Å²) in [6, 6.07) is 3.60. The van der Waals surface area contributed by atoms with Crippen molar-refractivity contribution in [1.82, 2.24) is 19.4 Å². The molecule has 2 aliphatic rings. The third-order valence-corrected chi connectivity index (χ3v) is 5.78. The van der Waals surface area contributed by atoms with Crippen LogP contribution >= 0.6 is 0 Å². The minimum absolute atomic E-state index is 0.00773. The summed E-state index contributed by atoms with van der Waals surface area (Å²) in [4.78, 5) is 23.9. The third kappa shape index (κ3) is 3.84. The van der Waals surface area contributed by atoms with E-state index in [2.05, 4.69) is 20.7 Å². The molecule has 0 unspecified atom stereocenters. The van der Waals surface area contributed by atoms with Gasteiger partial charge in [-0.05, 0) is 50.7 Å². The fourth-order valence-corrected chi connectivity index (χ4v) is 4.14. The topological polar surface area (TPSA) is 60.2 Å². The second-order valence-corrected chi connectivity index (χ2v) is 7.61. The van der Waals surface area contributed by atoms with Crippen molar-refractivity contribution in [2.45, 2.75) is 51.5 Å². The maximum atomic E-state index is 13.1. The standard InChI is InChI=1S/C21H28N4O2/c1-2-27-20-18(9-4-10-23-20)21(26)25-12-5-8-17(15-25)19-22-11-13-24(19)14-16-6-3-7-16/h4,9-11,13,16-17H,2-3,5-8,12,14-15H2,1H3/t17-/m0/s1. The number of amides is 1. The first-order chi connectivity index (χ1) is 13.3. The van der Waals surface area contributed by atoms with Crippen molar-refractivity contribution in [3.8, 4) is 5.88 Å². The van der Waals surface area contributed by atoms with Crippen LogP contribution in [0.5, 0.6) is 5.88 Å². The van der Waals surface area contributed by atoms with Crippen LogP contribution in [0.3, 0.4) is 0 Å². The Labute approximate surface area is 160 Å². The van der Waals surface area contributed by atoms with Crippen molar-refractivity contribution >= 4 is 5.91 Å². The fraction of sp³-hybridized carbons (Fsp3) is 0.571. The van der Waals surface area contributed by atoms with Gasteiger partial charge in [-0.25, -0.2) is 9.97 Å². The summed E-state index contributed by atoms with van der Waals surface area (Å²) < 4.78 is 7.87. The van der Waals surface area contributed by atoms with E-state index in [0.29, 0.717) is 30.5 Å². The van der Waals surface area contributed by atoms with E-state index in [4.69, 9.17) is 4.74 Å². The molecule has 1 atom stereocenters. The van der Waals surface area contributed by atoms with Gasteiger partial charge in [0.1, 0.15) is 11.4 Å². The lowest BCUT2D eigenvalue weighted by Crippen LogP contribution is -2.40. The number of nitrogens with zero attached hydrogens (tertiary/aromatic N) is 4. The number of pyridine rings is 1. The van der Waals surface area contributed by atoms with Crippen LogP contribution in [0.25, 0.3) is 0 Å². The average molecular weight is 368 g/mol. The Kier molecular flexibility index (Phi) is 5.41. The van der Waals surface area contributed by atoms with Crippen LogP contribution in [0, 0.1) is 5.92 Å². The number of likely N-dealkylation sites (tertiary alicyclic amines) is 1. The van der Waals surface area contributed by atoms with Crippen LogP contribution < -0.4 is 4.74 Å². The van der Waals surface area contributed by atoms with Crippen molar-refractivity contribution in [1.29, 1.82) is 0 Å². The van der Waals surface area contributed by atoms with Crippen LogP contribution in [0.1, 0.15) is 61.1 Å². The number of ether oxygens (including phenoxy) is 1. The molecule has 2 aromatic heterocycles. The monoisotopic (exact) mass is 368 g/mol. The van der Waals surface area contributed by atoms with Crippen LogP contribution in [0.15, 0.2) is 30.7 Å². The van der Waals surface area contributed by atoms with E-state index in [1.165, 1.54) is 19.3 Å². The molecule has 2 fully saturated rings. The predicted molar refractivity (Wildman–Crippen MR) is 103 cm³/mol. The van der Waals surface area contributed by atoms with Crippen molar-refractivity contribution < 1.29 is 9.53 Å². The lowest BCUT2D eigenvalue weighted by Gasteiger charge is -2.34. The maximum absolute atomic E-state index is 13.1. The smallest absolute Gasteiger partial charge is 0.259 e. The number of hydrogen-bond acceptors (Lipinski definition) is 4. The molecule has 1 aliphatic heterocycles. The lowest BCUT2D eigenvalue weighted by atomic mass is 9.85. The zero-order valence-corrected chi connectivity index (χ0v) is 16.0. The molecule has 6 nitrogen and oxygen atoms in total. The Morgan fingerprint density at radius 2 is 2.11 bits per heavy atom. The molecular weight excluding hydrogens is 340 g/mol. The quantitative estimate of drug-likeness (QED) is 0.783. The highest BCUT2D eigenvalue weighted by atomic mass is 16.5. The van der Waals surface area contributed by atoms with Gasteiger partial charge in [0.15, 0.2) is 0 Å². The van der Waals surface area contributed by atoms with Gasteiger partial charge in [-0.3, -0.25) is 4.79 Å². The fourth-order valence-electron chi connectivity index (χ4n) is 4.14. The number of aromatic nitrogens is 3. The number of rotatable bonds is 6. The van der Waals surface area contributed by atoms with Crippen LogP contribution in [0.2, 0.25) is 0 Å². The summed E-state index contributed by atoms with van der Waals surface area (Å²) in [7, 11) is 0. The molecule has 6 heteroatoms. The average Bonchev–Trinajstić information content (AvgIpc) is 3.13. The van der Waals surface area contributed by atoms with E-state index < -0.39 is 0 Å². The van der Waals surface area contributed by atoms with E-state index in [1.807, 2.05) is 24.1 Å². The Morgan fingerprint density at radius 1 is 1.22 bits per heavy atom. The zero-order valence-electron chi connectivity index (χ0n) is 16.0. The Hall–Kier alpha value is -2.37. The van der Waals surface area contributed by atoms with Gasteiger partial charge in [0.25, 0.3) is 5.91 Å². The van der Waals surface area contributed by atoms with Crippen LogP contribution in [-0.2, 0) is 6.54 Å². The van der Waals surface area contributed by atoms with Gasteiger partial charge in [0.05, 0.1) is 6.61 Å². The number of carbonyl (C=O) groups is 1. The number of imidazole rings is 1. The molecule has 0 radical (unpaired) electrons. The first kappa shape index (κ1) is 18.0. The third-order valence-electron chi connectivity index (χ3n) is 5.78. The number of piperidine rings is 1. The van der Waals surface area contributed by atoms with E-state index >= 15 is 0 Å². The second kappa shape index (κ2) is 8.11. The summed E-state index contributed by atoms with van der Waals surface area (Å²) in [5.74, 6) is 2.66. The highest BCUT2D eigenvalue weighted by Gasteiger charge is 2.30. The van der Waals surface area contributed by atoms with Gasteiger partial charge in [-0.1, -0.05) is 6.42 Å². The minimum atomic E-state index is 0.00773. The summed E-state index contributed by atoms with van der Waals surface area (Å²) >= 11 is 0. The number of carbonyl (C=O) groups excluding carboxylic acids is 1. The molecule has 4 rings (SSSR count). The van der Waals surface area contributed by atoms with Crippen molar-refractivity contribution in [3.63, 3.8) is 0 Å². The highest BCUT2D eigenvalue weighted by Crippen LogP contribution is 2.31. The van der Waals surface area contributed by atoms with E-state index in [9.17, 15) is 4.79 Å². The first-order valence-electron chi connectivity index (χ1n) is 10.1. The molecular formula is C21H28N4O2. The molecule has 0 bridgehead atoms. The molecule has 27 heavy (non-hydrogen) atoms.